The van der Waals surface area contributed by atoms with Gasteiger partial charge < -0.3 is 10.8 Å². The summed E-state index contributed by atoms with van der Waals surface area (Å²) in [6.45, 7) is 0. The molecule has 2 atom stereocenters. The SMILES string of the molecule is Cl.N[C@@H](C[C@@H](O)c1ccc(Br)cc1)C(F)(F)F. The molecular formula is C10H12BrClF3NO. The maximum absolute atomic E-state index is 12.1. The summed E-state index contributed by atoms with van der Waals surface area (Å²) in [5.74, 6) is 0. The summed E-state index contributed by atoms with van der Waals surface area (Å²) in [5.41, 5.74) is 5.34. The van der Waals surface area contributed by atoms with Gasteiger partial charge in [0.2, 0.25) is 0 Å². The molecule has 0 saturated heterocycles. The highest BCUT2D eigenvalue weighted by Gasteiger charge is 2.37. The maximum Gasteiger partial charge on any atom is 0.403 e. The summed E-state index contributed by atoms with van der Waals surface area (Å²) < 4.78 is 37.2. The Bertz CT molecular complexity index is 344. The van der Waals surface area contributed by atoms with E-state index in [1.165, 1.54) is 0 Å². The van der Waals surface area contributed by atoms with Crippen molar-refractivity contribution in [1.82, 2.24) is 0 Å². The van der Waals surface area contributed by atoms with Crippen molar-refractivity contribution in [3.8, 4) is 0 Å². The molecule has 3 N–H and O–H groups in total. The van der Waals surface area contributed by atoms with Crippen molar-refractivity contribution < 1.29 is 18.3 Å². The van der Waals surface area contributed by atoms with Crippen molar-refractivity contribution >= 4 is 28.3 Å². The minimum atomic E-state index is -4.48. The van der Waals surface area contributed by atoms with Crippen LogP contribution in [0, 0.1) is 0 Å². The van der Waals surface area contributed by atoms with Crippen LogP contribution in [0.25, 0.3) is 0 Å². The van der Waals surface area contributed by atoms with Gasteiger partial charge in [0.05, 0.1) is 6.10 Å². The van der Waals surface area contributed by atoms with Gasteiger partial charge in [0.15, 0.2) is 0 Å². The summed E-state index contributed by atoms with van der Waals surface area (Å²) in [6.07, 6.45) is -6.22. The van der Waals surface area contributed by atoms with Crippen molar-refractivity contribution in [2.75, 3.05) is 0 Å². The topological polar surface area (TPSA) is 46.2 Å². The Hall–Kier alpha value is -0.300. The Kier molecular flexibility index (Phi) is 6.47. The number of aliphatic hydroxyl groups excluding tert-OH is 1. The van der Waals surface area contributed by atoms with E-state index in [0.717, 1.165) is 4.47 Å². The Morgan fingerprint density at radius 2 is 1.71 bits per heavy atom. The van der Waals surface area contributed by atoms with E-state index in [9.17, 15) is 18.3 Å². The van der Waals surface area contributed by atoms with Gasteiger partial charge in [-0.3, -0.25) is 0 Å². The Morgan fingerprint density at radius 1 is 1.24 bits per heavy atom. The van der Waals surface area contributed by atoms with Crippen molar-refractivity contribution in [1.29, 1.82) is 0 Å². The predicted octanol–water partition coefficient (Wildman–Crippen LogP) is 3.18. The van der Waals surface area contributed by atoms with Crippen LogP contribution < -0.4 is 5.73 Å². The van der Waals surface area contributed by atoms with Gasteiger partial charge in [-0.1, -0.05) is 28.1 Å². The molecule has 0 aliphatic rings. The first-order valence-corrected chi connectivity index (χ1v) is 5.36. The quantitative estimate of drug-likeness (QED) is 0.892. The summed E-state index contributed by atoms with van der Waals surface area (Å²) in [4.78, 5) is 0. The summed E-state index contributed by atoms with van der Waals surface area (Å²) in [7, 11) is 0. The predicted molar refractivity (Wildman–Crippen MR) is 65.0 cm³/mol. The Balaban J connectivity index is 0.00000256. The summed E-state index contributed by atoms with van der Waals surface area (Å²) >= 11 is 3.19. The molecule has 0 amide bonds. The van der Waals surface area contributed by atoms with Crippen molar-refractivity contribution in [3.63, 3.8) is 0 Å². The molecule has 0 heterocycles. The van der Waals surface area contributed by atoms with Gasteiger partial charge >= 0.3 is 6.18 Å². The Morgan fingerprint density at radius 3 is 2.12 bits per heavy atom. The van der Waals surface area contributed by atoms with E-state index >= 15 is 0 Å². The molecule has 17 heavy (non-hydrogen) atoms. The zero-order chi connectivity index (χ0) is 12.3. The average molecular weight is 335 g/mol. The highest BCUT2D eigenvalue weighted by atomic mass is 79.9. The van der Waals surface area contributed by atoms with E-state index < -0.39 is 24.7 Å². The lowest BCUT2D eigenvalue weighted by atomic mass is 10.0. The first kappa shape index (κ1) is 16.7. The molecule has 1 aromatic carbocycles. The van der Waals surface area contributed by atoms with Crippen molar-refractivity contribution in [2.24, 2.45) is 5.73 Å². The van der Waals surface area contributed by atoms with E-state index in [1.54, 1.807) is 24.3 Å². The van der Waals surface area contributed by atoms with Gasteiger partial charge in [0.25, 0.3) is 0 Å². The second-order valence-electron chi connectivity index (χ2n) is 3.45. The first-order valence-electron chi connectivity index (χ1n) is 4.56. The van der Waals surface area contributed by atoms with Crippen LogP contribution >= 0.6 is 28.3 Å². The molecule has 0 unspecified atom stereocenters. The van der Waals surface area contributed by atoms with Crippen LogP contribution in [-0.2, 0) is 0 Å². The van der Waals surface area contributed by atoms with Crippen LogP contribution in [0.2, 0.25) is 0 Å². The molecule has 1 rings (SSSR count). The molecule has 0 aliphatic heterocycles. The van der Waals surface area contributed by atoms with E-state index in [2.05, 4.69) is 15.9 Å². The Labute approximate surface area is 112 Å². The molecule has 0 aromatic heterocycles. The third kappa shape index (κ3) is 5.25. The number of nitrogens with two attached hydrogens (primary N) is 1. The number of aliphatic hydroxyl groups is 1. The van der Waals surface area contributed by atoms with E-state index in [4.69, 9.17) is 5.73 Å². The van der Waals surface area contributed by atoms with Gasteiger partial charge in [-0.05, 0) is 17.7 Å². The largest absolute Gasteiger partial charge is 0.403 e. The maximum atomic E-state index is 12.1. The van der Waals surface area contributed by atoms with Gasteiger partial charge in [0.1, 0.15) is 6.04 Å². The lowest BCUT2D eigenvalue weighted by Gasteiger charge is -2.19. The molecule has 0 spiro atoms. The lowest BCUT2D eigenvalue weighted by molar-refractivity contribution is -0.153. The number of rotatable bonds is 3. The van der Waals surface area contributed by atoms with Crippen molar-refractivity contribution in [2.45, 2.75) is 24.7 Å². The highest BCUT2D eigenvalue weighted by Crippen LogP contribution is 2.27. The van der Waals surface area contributed by atoms with Crippen LogP contribution in [0.3, 0.4) is 0 Å². The fourth-order valence-corrected chi connectivity index (χ4v) is 1.46. The second kappa shape index (κ2) is 6.58. The number of halogens is 5. The summed E-state index contributed by atoms with van der Waals surface area (Å²) in [5, 5.41) is 9.55. The number of alkyl halides is 3. The normalized spacial score (nSPS) is 14.9. The van der Waals surface area contributed by atoms with Gasteiger partial charge in [0, 0.05) is 10.9 Å². The molecule has 0 bridgehead atoms. The molecule has 7 heteroatoms. The van der Waals surface area contributed by atoms with Gasteiger partial charge in [-0.2, -0.15) is 13.2 Å². The smallest absolute Gasteiger partial charge is 0.388 e. The van der Waals surface area contributed by atoms with Gasteiger partial charge in [-0.25, -0.2) is 0 Å². The second-order valence-corrected chi connectivity index (χ2v) is 4.37. The van der Waals surface area contributed by atoms with Gasteiger partial charge in [-0.15, -0.1) is 12.4 Å². The minimum absolute atomic E-state index is 0. The monoisotopic (exact) mass is 333 g/mol. The van der Waals surface area contributed by atoms with Crippen LogP contribution in [0.5, 0.6) is 0 Å². The lowest BCUT2D eigenvalue weighted by Crippen LogP contribution is -2.38. The molecule has 0 aliphatic carbocycles. The molecule has 1 aromatic rings. The van der Waals surface area contributed by atoms with E-state index in [1.807, 2.05) is 0 Å². The van der Waals surface area contributed by atoms with E-state index in [0.29, 0.717) is 5.56 Å². The standard InChI is InChI=1S/C10H11BrF3NO.ClH/c11-7-3-1-6(2-4-7)8(16)5-9(15)10(12,13)14;/h1-4,8-9,16H,5,15H2;1H/t8-,9+;/m1./s1. The zero-order valence-electron chi connectivity index (χ0n) is 8.62. The molecular weight excluding hydrogens is 322 g/mol. The fraction of sp³-hybridized carbons (Fsp3) is 0.400. The zero-order valence-corrected chi connectivity index (χ0v) is 11.0. The summed E-state index contributed by atoms with van der Waals surface area (Å²) in [6, 6.07) is 4.40. The van der Waals surface area contributed by atoms with E-state index in [-0.39, 0.29) is 12.4 Å². The first-order chi connectivity index (χ1) is 7.30. The molecule has 98 valence electrons. The average Bonchev–Trinajstić information content (AvgIpc) is 2.17. The van der Waals surface area contributed by atoms with Crippen LogP contribution in [0.15, 0.2) is 28.7 Å². The third-order valence-electron chi connectivity index (χ3n) is 2.15. The van der Waals surface area contributed by atoms with Crippen molar-refractivity contribution in [3.05, 3.63) is 34.3 Å². The molecule has 0 saturated carbocycles. The van der Waals surface area contributed by atoms with Crippen LogP contribution in [-0.4, -0.2) is 17.3 Å². The minimum Gasteiger partial charge on any atom is -0.388 e. The van der Waals surface area contributed by atoms with Crippen LogP contribution in [0.4, 0.5) is 13.2 Å². The number of benzene rings is 1. The van der Waals surface area contributed by atoms with Crippen LogP contribution in [0.1, 0.15) is 18.1 Å². The molecule has 0 radical (unpaired) electrons. The number of hydrogen-bond donors (Lipinski definition) is 2. The molecule has 0 fully saturated rings. The number of hydrogen-bond acceptors (Lipinski definition) is 2. The fourth-order valence-electron chi connectivity index (χ4n) is 1.20. The third-order valence-corrected chi connectivity index (χ3v) is 2.68. The highest BCUT2D eigenvalue weighted by molar-refractivity contribution is 9.10. The molecule has 2 nitrogen and oxygen atoms in total.